The standard InChI is InChI=1S/C18H37/c1-9-16(14-17(5,6)10-2)12-11-13-18(7,8)15(3)4/h14-16H,9-13H2,1-8H3. The van der Waals surface area contributed by atoms with Crippen molar-refractivity contribution in [1.29, 1.82) is 0 Å². The molecular weight excluding hydrogens is 216 g/mol. The van der Waals surface area contributed by atoms with Gasteiger partial charge in [0.1, 0.15) is 0 Å². The van der Waals surface area contributed by atoms with Crippen LogP contribution in [0.2, 0.25) is 0 Å². The predicted octanol–water partition coefficient (Wildman–Crippen LogP) is 6.51. The Hall–Kier alpha value is 0. The van der Waals surface area contributed by atoms with Crippen molar-refractivity contribution in [3.63, 3.8) is 0 Å². The van der Waals surface area contributed by atoms with E-state index in [9.17, 15) is 0 Å². The van der Waals surface area contributed by atoms with Crippen LogP contribution in [0.25, 0.3) is 0 Å². The highest BCUT2D eigenvalue weighted by atomic mass is 14.3. The van der Waals surface area contributed by atoms with Crippen molar-refractivity contribution in [1.82, 2.24) is 0 Å². The van der Waals surface area contributed by atoms with Gasteiger partial charge in [-0.3, -0.25) is 0 Å². The van der Waals surface area contributed by atoms with Crippen LogP contribution in [0.15, 0.2) is 0 Å². The van der Waals surface area contributed by atoms with Crippen molar-refractivity contribution in [3.8, 4) is 0 Å². The Morgan fingerprint density at radius 1 is 1.00 bits per heavy atom. The summed E-state index contributed by atoms with van der Waals surface area (Å²) in [7, 11) is 0. The van der Waals surface area contributed by atoms with Crippen molar-refractivity contribution < 1.29 is 0 Å². The summed E-state index contributed by atoms with van der Waals surface area (Å²) in [6, 6.07) is 0. The highest BCUT2D eigenvalue weighted by molar-refractivity contribution is 4.89. The summed E-state index contributed by atoms with van der Waals surface area (Å²) in [5.74, 6) is 1.59. The largest absolute Gasteiger partial charge is 0.0651 e. The van der Waals surface area contributed by atoms with Crippen LogP contribution in [0, 0.1) is 29.1 Å². The summed E-state index contributed by atoms with van der Waals surface area (Å²) >= 11 is 0. The summed E-state index contributed by atoms with van der Waals surface area (Å²) in [5.41, 5.74) is 0.910. The lowest BCUT2D eigenvalue weighted by Gasteiger charge is -2.31. The third kappa shape index (κ3) is 6.81. The Kier molecular flexibility index (Phi) is 7.56. The van der Waals surface area contributed by atoms with Crippen molar-refractivity contribution >= 4 is 0 Å². The monoisotopic (exact) mass is 253 g/mol. The van der Waals surface area contributed by atoms with Gasteiger partial charge < -0.3 is 0 Å². The minimum absolute atomic E-state index is 0.411. The Morgan fingerprint density at radius 3 is 1.94 bits per heavy atom. The predicted molar refractivity (Wildman–Crippen MR) is 84.6 cm³/mol. The zero-order valence-corrected chi connectivity index (χ0v) is 14.3. The fraction of sp³-hybridized carbons (Fsp3) is 0.944. The average Bonchev–Trinajstić information content (AvgIpc) is 2.27. The van der Waals surface area contributed by atoms with Crippen molar-refractivity contribution in [2.24, 2.45) is 22.7 Å². The van der Waals surface area contributed by atoms with Crippen LogP contribution in [0.5, 0.6) is 0 Å². The first kappa shape index (κ1) is 18.0. The molecule has 0 aromatic heterocycles. The summed E-state index contributed by atoms with van der Waals surface area (Å²) in [4.78, 5) is 0. The van der Waals surface area contributed by atoms with Gasteiger partial charge in [-0.2, -0.15) is 0 Å². The van der Waals surface area contributed by atoms with Gasteiger partial charge in [0.05, 0.1) is 0 Å². The van der Waals surface area contributed by atoms with Gasteiger partial charge in [-0.05, 0) is 35.5 Å². The molecule has 18 heavy (non-hydrogen) atoms. The third-order valence-corrected chi connectivity index (χ3v) is 5.08. The van der Waals surface area contributed by atoms with Gasteiger partial charge in [0.2, 0.25) is 0 Å². The maximum absolute atomic E-state index is 2.61. The minimum Gasteiger partial charge on any atom is -0.0651 e. The molecule has 0 amide bonds. The smallest absolute Gasteiger partial charge is 0.0298 e. The first-order chi connectivity index (χ1) is 8.14. The van der Waals surface area contributed by atoms with E-state index in [2.05, 4.69) is 61.8 Å². The molecule has 109 valence electrons. The summed E-state index contributed by atoms with van der Waals surface area (Å²) < 4.78 is 0. The van der Waals surface area contributed by atoms with Gasteiger partial charge in [0, 0.05) is 0 Å². The molecule has 0 aromatic carbocycles. The maximum Gasteiger partial charge on any atom is -0.0298 e. The third-order valence-electron chi connectivity index (χ3n) is 5.08. The summed E-state index contributed by atoms with van der Waals surface area (Å²) in [5, 5.41) is 0. The van der Waals surface area contributed by atoms with E-state index in [1.165, 1.54) is 32.1 Å². The van der Waals surface area contributed by atoms with E-state index in [0.717, 1.165) is 11.8 Å². The van der Waals surface area contributed by atoms with Crippen LogP contribution in [0.4, 0.5) is 0 Å². The molecule has 0 aliphatic heterocycles. The van der Waals surface area contributed by atoms with E-state index in [1.54, 1.807) is 0 Å². The minimum atomic E-state index is 0.411. The molecule has 0 rings (SSSR count). The molecule has 0 saturated carbocycles. The molecule has 0 aliphatic rings. The Bertz CT molecular complexity index is 210. The molecule has 0 bridgehead atoms. The number of hydrogen-bond donors (Lipinski definition) is 0. The van der Waals surface area contributed by atoms with Crippen LogP contribution >= 0.6 is 0 Å². The maximum atomic E-state index is 2.61. The van der Waals surface area contributed by atoms with Crippen molar-refractivity contribution in [2.75, 3.05) is 0 Å². The average molecular weight is 253 g/mol. The summed E-state index contributed by atoms with van der Waals surface area (Å²) in [6.07, 6.45) is 9.26. The quantitative estimate of drug-likeness (QED) is 0.439. The Morgan fingerprint density at radius 2 is 1.56 bits per heavy atom. The molecule has 0 nitrogen and oxygen atoms in total. The van der Waals surface area contributed by atoms with Gasteiger partial charge in [0.25, 0.3) is 0 Å². The van der Waals surface area contributed by atoms with E-state index >= 15 is 0 Å². The fourth-order valence-electron chi connectivity index (χ4n) is 2.27. The molecule has 0 spiro atoms. The van der Waals surface area contributed by atoms with Gasteiger partial charge in [-0.25, -0.2) is 0 Å². The first-order valence-electron chi connectivity index (χ1n) is 8.00. The van der Waals surface area contributed by atoms with E-state index in [1.807, 2.05) is 0 Å². The Balaban J connectivity index is 4.10. The van der Waals surface area contributed by atoms with Gasteiger partial charge in [-0.1, -0.05) is 81.1 Å². The molecule has 0 heteroatoms. The highest BCUT2D eigenvalue weighted by Gasteiger charge is 2.24. The van der Waals surface area contributed by atoms with Crippen LogP contribution in [0.3, 0.4) is 0 Å². The lowest BCUT2D eigenvalue weighted by Crippen LogP contribution is -2.20. The van der Waals surface area contributed by atoms with E-state index in [4.69, 9.17) is 0 Å². The highest BCUT2D eigenvalue weighted by Crippen LogP contribution is 2.35. The van der Waals surface area contributed by atoms with Crippen molar-refractivity contribution in [2.45, 2.75) is 87.5 Å². The molecule has 0 aliphatic carbocycles. The topological polar surface area (TPSA) is 0 Å². The van der Waals surface area contributed by atoms with E-state index < -0.39 is 0 Å². The normalized spacial score (nSPS) is 15.2. The molecule has 0 saturated heterocycles. The second-order valence-electron chi connectivity index (χ2n) is 7.71. The molecule has 0 N–H and O–H groups in total. The van der Waals surface area contributed by atoms with Crippen LogP contribution in [-0.2, 0) is 0 Å². The second-order valence-corrected chi connectivity index (χ2v) is 7.71. The molecule has 0 aromatic rings. The fourth-order valence-corrected chi connectivity index (χ4v) is 2.27. The second kappa shape index (κ2) is 7.56. The molecule has 0 heterocycles. The zero-order valence-electron chi connectivity index (χ0n) is 14.3. The van der Waals surface area contributed by atoms with Crippen molar-refractivity contribution in [3.05, 3.63) is 6.42 Å². The number of rotatable bonds is 9. The lowest BCUT2D eigenvalue weighted by molar-refractivity contribution is 0.214. The van der Waals surface area contributed by atoms with Crippen LogP contribution < -0.4 is 0 Å². The van der Waals surface area contributed by atoms with Crippen LogP contribution in [0.1, 0.15) is 87.5 Å². The summed E-state index contributed by atoms with van der Waals surface area (Å²) in [6.45, 7) is 18.9. The van der Waals surface area contributed by atoms with Crippen LogP contribution in [-0.4, -0.2) is 0 Å². The molecular formula is C18H37. The van der Waals surface area contributed by atoms with Gasteiger partial charge in [-0.15, -0.1) is 0 Å². The van der Waals surface area contributed by atoms with Gasteiger partial charge in [0.15, 0.2) is 0 Å². The Labute approximate surface area is 117 Å². The van der Waals surface area contributed by atoms with E-state index in [-0.39, 0.29) is 0 Å². The SMILES string of the molecule is CCC([CH]C(C)(C)CC)CCCC(C)(C)C(C)C. The van der Waals surface area contributed by atoms with E-state index in [0.29, 0.717) is 10.8 Å². The zero-order chi connectivity index (χ0) is 14.4. The first-order valence-corrected chi connectivity index (χ1v) is 8.00. The molecule has 1 radical (unpaired) electrons. The molecule has 0 fully saturated rings. The van der Waals surface area contributed by atoms with Gasteiger partial charge >= 0.3 is 0 Å². The number of hydrogen-bond acceptors (Lipinski definition) is 0. The lowest BCUT2D eigenvalue weighted by atomic mass is 9.74. The molecule has 1 atom stereocenters. The molecule has 1 unspecified atom stereocenters.